The SMILES string of the molecule is CN(C)C(=O)CN1C(=O)N[C@](Cc2ccc(F)cc2)(C2CCNCC2)C1=O. The number of rotatable bonds is 5. The highest BCUT2D eigenvalue weighted by atomic mass is 19.1. The van der Waals surface area contributed by atoms with Crippen LogP contribution in [0.2, 0.25) is 0 Å². The quantitative estimate of drug-likeness (QED) is 0.743. The van der Waals surface area contributed by atoms with Crippen LogP contribution < -0.4 is 10.6 Å². The van der Waals surface area contributed by atoms with Crippen LogP contribution in [0.3, 0.4) is 0 Å². The van der Waals surface area contributed by atoms with Crippen molar-refractivity contribution in [2.45, 2.75) is 24.8 Å². The molecule has 2 saturated heterocycles. The fourth-order valence-corrected chi connectivity index (χ4v) is 3.84. The summed E-state index contributed by atoms with van der Waals surface area (Å²) in [6.45, 7) is 1.24. The molecule has 1 aromatic carbocycles. The van der Waals surface area contributed by atoms with Crippen molar-refractivity contribution >= 4 is 17.8 Å². The predicted octanol–water partition coefficient (Wildman–Crippen LogP) is 0.747. The predicted molar refractivity (Wildman–Crippen MR) is 97.4 cm³/mol. The standard InChI is InChI=1S/C19H25FN4O3/c1-23(2)16(25)12-24-17(26)19(22-18(24)27,14-7-9-21-10-8-14)11-13-3-5-15(20)6-4-13/h3-6,14,21H,7-12H2,1-2H3,(H,22,27)/t19-/m1/s1. The summed E-state index contributed by atoms with van der Waals surface area (Å²) in [6, 6.07) is 5.41. The van der Waals surface area contributed by atoms with Crippen LogP contribution in [0.1, 0.15) is 18.4 Å². The molecular weight excluding hydrogens is 351 g/mol. The van der Waals surface area contributed by atoms with Crippen molar-refractivity contribution in [3.05, 3.63) is 35.6 Å². The zero-order valence-corrected chi connectivity index (χ0v) is 15.6. The summed E-state index contributed by atoms with van der Waals surface area (Å²) in [5, 5.41) is 6.15. The van der Waals surface area contributed by atoms with E-state index in [1.54, 1.807) is 26.2 Å². The molecule has 0 unspecified atom stereocenters. The molecule has 0 bridgehead atoms. The number of nitrogens with one attached hydrogen (secondary N) is 2. The maximum Gasteiger partial charge on any atom is 0.325 e. The summed E-state index contributed by atoms with van der Waals surface area (Å²) >= 11 is 0. The summed E-state index contributed by atoms with van der Waals surface area (Å²) in [4.78, 5) is 40.4. The second kappa shape index (κ2) is 7.64. The van der Waals surface area contributed by atoms with Gasteiger partial charge in [0.15, 0.2) is 0 Å². The molecule has 0 aromatic heterocycles. The van der Waals surface area contributed by atoms with Gasteiger partial charge in [0, 0.05) is 20.5 Å². The van der Waals surface area contributed by atoms with Gasteiger partial charge in [-0.3, -0.25) is 14.5 Å². The Bertz CT molecular complexity index is 731. The van der Waals surface area contributed by atoms with Crippen molar-refractivity contribution in [1.29, 1.82) is 0 Å². The van der Waals surface area contributed by atoms with Gasteiger partial charge in [-0.15, -0.1) is 0 Å². The van der Waals surface area contributed by atoms with Gasteiger partial charge >= 0.3 is 6.03 Å². The molecule has 0 spiro atoms. The molecule has 2 aliphatic rings. The molecule has 0 saturated carbocycles. The van der Waals surface area contributed by atoms with E-state index < -0.39 is 11.6 Å². The molecule has 4 amide bonds. The van der Waals surface area contributed by atoms with Crippen molar-refractivity contribution in [2.24, 2.45) is 5.92 Å². The number of urea groups is 1. The number of amides is 4. The number of nitrogens with zero attached hydrogens (tertiary/aromatic N) is 2. The number of carbonyl (C=O) groups is 3. The number of benzene rings is 1. The lowest BCUT2D eigenvalue weighted by atomic mass is 9.74. The molecule has 0 aliphatic carbocycles. The van der Waals surface area contributed by atoms with Gasteiger partial charge in [0.05, 0.1) is 0 Å². The first kappa shape index (κ1) is 19.3. The van der Waals surface area contributed by atoms with Gasteiger partial charge in [-0.25, -0.2) is 9.18 Å². The van der Waals surface area contributed by atoms with Gasteiger partial charge in [0.25, 0.3) is 5.91 Å². The maximum atomic E-state index is 13.3. The molecule has 27 heavy (non-hydrogen) atoms. The number of halogens is 1. The molecule has 1 aromatic rings. The van der Waals surface area contributed by atoms with Crippen LogP contribution >= 0.6 is 0 Å². The lowest BCUT2D eigenvalue weighted by Gasteiger charge is -2.38. The third kappa shape index (κ3) is 3.80. The first-order valence-electron chi connectivity index (χ1n) is 9.13. The van der Waals surface area contributed by atoms with Crippen LogP contribution in [0.15, 0.2) is 24.3 Å². The van der Waals surface area contributed by atoms with E-state index in [2.05, 4.69) is 10.6 Å². The van der Waals surface area contributed by atoms with E-state index in [4.69, 9.17) is 0 Å². The molecule has 1 atom stereocenters. The maximum absolute atomic E-state index is 13.3. The summed E-state index contributed by atoms with van der Waals surface area (Å²) in [7, 11) is 3.17. The second-order valence-corrected chi connectivity index (χ2v) is 7.41. The van der Waals surface area contributed by atoms with E-state index in [0.717, 1.165) is 36.4 Å². The van der Waals surface area contributed by atoms with Gasteiger partial charge in [0.1, 0.15) is 17.9 Å². The molecule has 2 heterocycles. The minimum Gasteiger partial charge on any atom is -0.347 e. The minimum atomic E-state index is -1.11. The Hall–Kier alpha value is -2.48. The van der Waals surface area contributed by atoms with Crippen molar-refractivity contribution in [2.75, 3.05) is 33.7 Å². The first-order valence-corrected chi connectivity index (χ1v) is 9.13. The highest BCUT2D eigenvalue weighted by Crippen LogP contribution is 2.35. The highest BCUT2D eigenvalue weighted by Gasteiger charge is 2.55. The van der Waals surface area contributed by atoms with Crippen LogP contribution in [0.4, 0.5) is 9.18 Å². The second-order valence-electron chi connectivity index (χ2n) is 7.41. The van der Waals surface area contributed by atoms with Crippen LogP contribution in [0.25, 0.3) is 0 Å². The monoisotopic (exact) mass is 376 g/mol. The summed E-state index contributed by atoms with van der Waals surface area (Å²) in [5.74, 6) is -1.10. The number of likely N-dealkylation sites (N-methyl/N-ethyl adjacent to an activating group) is 1. The molecule has 0 radical (unpaired) electrons. The Kier molecular flexibility index (Phi) is 5.46. The summed E-state index contributed by atoms with van der Waals surface area (Å²) in [5.41, 5.74) is -0.340. The smallest absolute Gasteiger partial charge is 0.325 e. The fourth-order valence-electron chi connectivity index (χ4n) is 3.84. The third-order valence-corrected chi connectivity index (χ3v) is 5.43. The number of hydrogen-bond donors (Lipinski definition) is 2. The van der Waals surface area contributed by atoms with Gasteiger partial charge in [-0.2, -0.15) is 0 Å². The largest absolute Gasteiger partial charge is 0.347 e. The lowest BCUT2D eigenvalue weighted by Crippen LogP contribution is -2.57. The highest BCUT2D eigenvalue weighted by molar-refractivity contribution is 6.09. The summed E-state index contributed by atoms with van der Waals surface area (Å²) in [6.07, 6.45) is 1.75. The minimum absolute atomic E-state index is 0.0558. The van der Waals surface area contributed by atoms with Crippen LogP contribution in [-0.2, 0) is 16.0 Å². The van der Waals surface area contributed by atoms with Crippen molar-refractivity contribution < 1.29 is 18.8 Å². The number of carbonyl (C=O) groups excluding carboxylic acids is 3. The van der Waals surface area contributed by atoms with Crippen molar-refractivity contribution in [1.82, 2.24) is 20.4 Å². The average molecular weight is 376 g/mol. The van der Waals surface area contributed by atoms with E-state index in [1.807, 2.05) is 0 Å². The molecular formula is C19H25FN4O3. The number of hydrogen-bond acceptors (Lipinski definition) is 4. The zero-order valence-electron chi connectivity index (χ0n) is 15.6. The molecule has 2 N–H and O–H groups in total. The van der Waals surface area contributed by atoms with Gasteiger partial charge in [-0.05, 0) is 49.5 Å². The Morgan fingerprint density at radius 3 is 2.44 bits per heavy atom. The molecule has 3 rings (SSSR count). The fraction of sp³-hybridized carbons (Fsp3) is 0.526. The zero-order chi connectivity index (χ0) is 19.6. The van der Waals surface area contributed by atoms with E-state index in [0.29, 0.717) is 0 Å². The van der Waals surface area contributed by atoms with E-state index in [1.165, 1.54) is 17.0 Å². The molecule has 7 nitrogen and oxygen atoms in total. The number of imide groups is 1. The first-order chi connectivity index (χ1) is 12.8. The Morgan fingerprint density at radius 1 is 1.22 bits per heavy atom. The van der Waals surface area contributed by atoms with Gasteiger partial charge in [-0.1, -0.05) is 12.1 Å². The van der Waals surface area contributed by atoms with Crippen molar-refractivity contribution in [3.63, 3.8) is 0 Å². The molecule has 8 heteroatoms. The van der Waals surface area contributed by atoms with Gasteiger partial charge in [0.2, 0.25) is 5.91 Å². The topological polar surface area (TPSA) is 81.8 Å². The van der Waals surface area contributed by atoms with E-state index in [9.17, 15) is 18.8 Å². The van der Waals surface area contributed by atoms with Crippen LogP contribution in [0.5, 0.6) is 0 Å². The van der Waals surface area contributed by atoms with Gasteiger partial charge < -0.3 is 15.5 Å². The lowest BCUT2D eigenvalue weighted by molar-refractivity contribution is -0.139. The van der Waals surface area contributed by atoms with E-state index >= 15 is 0 Å². The van der Waals surface area contributed by atoms with Crippen LogP contribution in [0, 0.1) is 11.7 Å². The Balaban J connectivity index is 1.92. The summed E-state index contributed by atoms with van der Waals surface area (Å²) < 4.78 is 13.3. The number of piperidine rings is 1. The van der Waals surface area contributed by atoms with Crippen LogP contribution in [-0.4, -0.2) is 66.9 Å². The van der Waals surface area contributed by atoms with Crippen molar-refractivity contribution in [3.8, 4) is 0 Å². The van der Waals surface area contributed by atoms with E-state index in [-0.39, 0.29) is 36.5 Å². The normalized spacial score (nSPS) is 23.4. The Labute approximate surface area is 157 Å². The third-order valence-electron chi connectivity index (χ3n) is 5.43. The molecule has 146 valence electrons. The average Bonchev–Trinajstić information content (AvgIpc) is 2.89. The molecule has 2 fully saturated rings. The molecule has 2 aliphatic heterocycles. The Morgan fingerprint density at radius 2 is 1.85 bits per heavy atom.